The van der Waals surface area contributed by atoms with Gasteiger partial charge in [-0.1, -0.05) is 41.7 Å². The Labute approximate surface area is 134 Å². The van der Waals surface area contributed by atoms with Crippen LogP contribution in [0.5, 0.6) is 0 Å². The molecule has 0 saturated heterocycles. The van der Waals surface area contributed by atoms with Gasteiger partial charge in [0.25, 0.3) is 5.91 Å². The van der Waals surface area contributed by atoms with E-state index in [1.807, 2.05) is 37.3 Å². The fraction of sp³-hybridized carbons (Fsp3) is 0.375. The summed E-state index contributed by atoms with van der Waals surface area (Å²) in [7, 11) is 1.77. The molecule has 0 bridgehead atoms. The van der Waals surface area contributed by atoms with Crippen LogP contribution in [0, 0.1) is 0 Å². The minimum atomic E-state index is -0.150. The number of nitrogens with one attached hydrogen (secondary N) is 1. The van der Waals surface area contributed by atoms with Crippen molar-refractivity contribution in [3.63, 3.8) is 0 Å². The fourth-order valence-corrected chi connectivity index (χ4v) is 3.17. The maximum absolute atomic E-state index is 12.6. The van der Waals surface area contributed by atoms with Crippen LogP contribution in [0.15, 0.2) is 36.5 Å². The summed E-state index contributed by atoms with van der Waals surface area (Å²) in [6.45, 7) is 2.79. The molecule has 1 aromatic carbocycles. The summed E-state index contributed by atoms with van der Waals surface area (Å²) in [6.07, 6.45) is 2.10. The first kappa shape index (κ1) is 16.5. The van der Waals surface area contributed by atoms with E-state index in [-0.39, 0.29) is 18.6 Å². The van der Waals surface area contributed by atoms with E-state index in [0.717, 1.165) is 17.2 Å². The molecule has 1 unspecified atom stereocenters. The summed E-state index contributed by atoms with van der Waals surface area (Å²) in [5.74, 6) is -0.0797. The summed E-state index contributed by atoms with van der Waals surface area (Å²) in [4.78, 5) is 19.1. The lowest BCUT2D eigenvalue weighted by molar-refractivity contribution is 0.0710. The fourth-order valence-electron chi connectivity index (χ4n) is 2.30. The first-order chi connectivity index (χ1) is 10.7. The van der Waals surface area contributed by atoms with E-state index in [0.29, 0.717) is 11.3 Å². The minimum Gasteiger partial charge on any atom is -0.396 e. The maximum atomic E-state index is 12.6. The second-order valence-electron chi connectivity index (χ2n) is 4.91. The molecule has 1 aromatic heterocycles. The molecule has 2 N–H and O–H groups in total. The highest BCUT2D eigenvalue weighted by Gasteiger charge is 2.23. The third kappa shape index (κ3) is 3.84. The number of aromatic nitrogens is 1. The molecule has 0 aliphatic heterocycles. The van der Waals surface area contributed by atoms with E-state index in [9.17, 15) is 9.90 Å². The van der Waals surface area contributed by atoms with Gasteiger partial charge >= 0.3 is 0 Å². The van der Waals surface area contributed by atoms with Gasteiger partial charge in [-0.2, -0.15) is 0 Å². The molecule has 5 nitrogen and oxygen atoms in total. The number of nitrogens with zero attached hydrogens (tertiary/aromatic N) is 2. The zero-order valence-electron chi connectivity index (χ0n) is 12.8. The first-order valence-corrected chi connectivity index (χ1v) is 8.11. The van der Waals surface area contributed by atoms with Crippen molar-refractivity contribution in [3.05, 3.63) is 47.0 Å². The summed E-state index contributed by atoms with van der Waals surface area (Å²) in [5, 5.41) is 13.2. The van der Waals surface area contributed by atoms with Crippen molar-refractivity contribution in [1.82, 2.24) is 9.88 Å². The van der Waals surface area contributed by atoms with Crippen LogP contribution in [-0.4, -0.2) is 41.1 Å². The Morgan fingerprint density at radius 2 is 2.14 bits per heavy atom. The molecule has 0 aliphatic carbocycles. The highest BCUT2D eigenvalue weighted by Crippen LogP contribution is 2.27. The number of aliphatic hydroxyl groups is 1. The monoisotopic (exact) mass is 319 g/mol. The summed E-state index contributed by atoms with van der Waals surface area (Å²) >= 11 is 1.35. The van der Waals surface area contributed by atoms with E-state index in [1.54, 1.807) is 18.1 Å². The van der Waals surface area contributed by atoms with E-state index in [2.05, 4.69) is 10.3 Å². The van der Waals surface area contributed by atoms with Gasteiger partial charge in [0.2, 0.25) is 0 Å². The number of carbonyl (C=O) groups is 1. The number of hydrogen-bond acceptors (Lipinski definition) is 5. The number of benzene rings is 1. The standard InChI is InChI=1S/C16H21N3O2S/c1-3-17-16-18-11-14(22-16)15(21)19(2)13(9-10-20)12-7-5-4-6-8-12/h4-8,11,13,20H,3,9-10H2,1-2H3,(H,17,18). The van der Waals surface area contributed by atoms with Crippen molar-refractivity contribution in [1.29, 1.82) is 0 Å². The molecular weight excluding hydrogens is 298 g/mol. The van der Waals surface area contributed by atoms with E-state index in [1.165, 1.54) is 11.3 Å². The first-order valence-electron chi connectivity index (χ1n) is 7.30. The number of anilines is 1. The Morgan fingerprint density at radius 1 is 1.41 bits per heavy atom. The summed E-state index contributed by atoms with van der Waals surface area (Å²) < 4.78 is 0. The molecule has 0 fully saturated rings. The lowest BCUT2D eigenvalue weighted by Gasteiger charge is -2.27. The predicted octanol–water partition coefficient (Wildman–Crippen LogP) is 2.77. The zero-order chi connectivity index (χ0) is 15.9. The van der Waals surface area contributed by atoms with Crippen LogP contribution in [0.4, 0.5) is 5.13 Å². The number of aliphatic hydroxyl groups excluding tert-OH is 1. The molecule has 1 heterocycles. The maximum Gasteiger partial charge on any atom is 0.265 e. The highest BCUT2D eigenvalue weighted by atomic mass is 32.1. The lowest BCUT2D eigenvalue weighted by atomic mass is 10.0. The normalized spacial score (nSPS) is 12.0. The van der Waals surface area contributed by atoms with Gasteiger partial charge in [-0.05, 0) is 18.9 Å². The highest BCUT2D eigenvalue weighted by molar-refractivity contribution is 7.17. The average molecular weight is 319 g/mol. The molecule has 118 valence electrons. The molecule has 22 heavy (non-hydrogen) atoms. The quantitative estimate of drug-likeness (QED) is 0.823. The van der Waals surface area contributed by atoms with Gasteiger partial charge in [0.15, 0.2) is 5.13 Å². The largest absolute Gasteiger partial charge is 0.396 e. The molecule has 2 rings (SSSR count). The minimum absolute atomic E-state index is 0.0303. The van der Waals surface area contributed by atoms with Crippen LogP contribution < -0.4 is 5.32 Å². The lowest BCUT2D eigenvalue weighted by Crippen LogP contribution is -2.31. The summed E-state index contributed by atoms with van der Waals surface area (Å²) in [6, 6.07) is 9.61. The van der Waals surface area contributed by atoms with Gasteiger partial charge in [-0.25, -0.2) is 4.98 Å². The Kier molecular flexibility index (Phi) is 5.91. The SMILES string of the molecule is CCNc1ncc(C(=O)N(C)C(CCO)c2ccccc2)s1. The van der Waals surface area contributed by atoms with Crippen LogP contribution in [0.1, 0.15) is 34.6 Å². The number of rotatable bonds is 7. The Morgan fingerprint density at radius 3 is 2.77 bits per heavy atom. The zero-order valence-corrected chi connectivity index (χ0v) is 13.6. The third-order valence-corrected chi connectivity index (χ3v) is 4.36. The Balaban J connectivity index is 2.18. The van der Waals surface area contributed by atoms with Crippen LogP contribution in [0.2, 0.25) is 0 Å². The van der Waals surface area contributed by atoms with Gasteiger partial charge in [0, 0.05) is 20.2 Å². The number of hydrogen-bond donors (Lipinski definition) is 2. The summed E-state index contributed by atoms with van der Waals surface area (Å²) in [5.41, 5.74) is 1.02. The Bertz CT molecular complexity index is 600. The molecule has 0 spiro atoms. The van der Waals surface area contributed by atoms with Crippen molar-refractivity contribution in [2.75, 3.05) is 25.5 Å². The van der Waals surface area contributed by atoms with Crippen molar-refractivity contribution in [2.45, 2.75) is 19.4 Å². The number of carbonyl (C=O) groups excluding carboxylic acids is 1. The molecule has 0 aliphatic rings. The van der Waals surface area contributed by atoms with Gasteiger partial charge in [-0.15, -0.1) is 0 Å². The average Bonchev–Trinajstić information content (AvgIpc) is 3.01. The smallest absolute Gasteiger partial charge is 0.265 e. The van der Waals surface area contributed by atoms with E-state index < -0.39 is 0 Å². The van der Waals surface area contributed by atoms with Crippen molar-refractivity contribution in [2.24, 2.45) is 0 Å². The van der Waals surface area contributed by atoms with Crippen LogP contribution >= 0.6 is 11.3 Å². The molecule has 0 radical (unpaired) electrons. The van der Waals surface area contributed by atoms with Gasteiger partial charge in [0.1, 0.15) is 4.88 Å². The van der Waals surface area contributed by atoms with Crippen molar-refractivity contribution in [3.8, 4) is 0 Å². The van der Waals surface area contributed by atoms with Crippen molar-refractivity contribution >= 4 is 22.4 Å². The third-order valence-electron chi connectivity index (χ3n) is 3.42. The second-order valence-corrected chi connectivity index (χ2v) is 5.95. The number of amides is 1. The molecule has 0 saturated carbocycles. The van der Waals surface area contributed by atoms with E-state index >= 15 is 0 Å². The molecule has 1 amide bonds. The predicted molar refractivity (Wildman–Crippen MR) is 89.3 cm³/mol. The van der Waals surface area contributed by atoms with Crippen LogP contribution in [-0.2, 0) is 0 Å². The van der Waals surface area contributed by atoms with Gasteiger partial charge in [0.05, 0.1) is 12.2 Å². The molecule has 1 atom stereocenters. The van der Waals surface area contributed by atoms with Gasteiger partial charge < -0.3 is 15.3 Å². The van der Waals surface area contributed by atoms with Gasteiger partial charge in [-0.3, -0.25) is 4.79 Å². The molecule has 6 heteroatoms. The van der Waals surface area contributed by atoms with Crippen LogP contribution in [0.25, 0.3) is 0 Å². The molecule has 2 aromatic rings. The number of thiazole rings is 1. The molecular formula is C16H21N3O2S. The second kappa shape index (κ2) is 7.91. The Hall–Kier alpha value is -1.92. The van der Waals surface area contributed by atoms with Crippen molar-refractivity contribution < 1.29 is 9.90 Å². The van der Waals surface area contributed by atoms with E-state index in [4.69, 9.17) is 0 Å². The van der Waals surface area contributed by atoms with Crippen LogP contribution in [0.3, 0.4) is 0 Å². The topological polar surface area (TPSA) is 65.5 Å².